The number of aliphatic hydroxyl groups is 1. The number of pyridine rings is 1. The van der Waals surface area contributed by atoms with Crippen molar-refractivity contribution in [1.29, 1.82) is 0 Å². The largest absolute Gasteiger partial charge is 0.390 e. The predicted octanol–water partition coefficient (Wildman–Crippen LogP) is 1.91. The quantitative estimate of drug-likeness (QED) is 0.693. The zero-order chi connectivity index (χ0) is 20.3. The fourth-order valence-corrected chi connectivity index (χ4v) is 4.77. The first-order valence-corrected chi connectivity index (χ1v) is 10.3. The van der Waals surface area contributed by atoms with Crippen molar-refractivity contribution < 1.29 is 5.11 Å². The maximum absolute atomic E-state index is 10.0. The third-order valence-electron chi connectivity index (χ3n) is 6.37. The maximum Gasteiger partial charge on any atom is 0.159 e. The molecular weight excluding hydrogens is 364 g/mol. The lowest BCUT2D eigenvalue weighted by molar-refractivity contribution is 0.180. The molecule has 5 rings (SSSR count). The summed E-state index contributed by atoms with van der Waals surface area (Å²) in [5, 5.41) is 15.5. The van der Waals surface area contributed by atoms with Crippen LogP contribution >= 0.6 is 0 Å². The van der Waals surface area contributed by atoms with Crippen LogP contribution in [0.4, 0.5) is 11.4 Å². The number of nitrogens with two attached hydrogens (primary N) is 1. The summed E-state index contributed by atoms with van der Waals surface area (Å²) >= 11 is 0. The number of anilines is 2. The SMILES string of the molecule is Cc1cc(N2Cc3ccc(N4CC(N)C(O)C4)cc3[C@@H](C)C2)c2cnn(C)c2n1. The van der Waals surface area contributed by atoms with Crippen molar-refractivity contribution in [2.75, 3.05) is 29.4 Å². The molecule has 0 radical (unpaired) electrons. The van der Waals surface area contributed by atoms with Crippen molar-refractivity contribution in [3.8, 4) is 0 Å². The van der Waals surface area contributed by atoms with Gasteiger partial charge in [-0.3, -0.25) is 4.68 Å². The number of rotatable bonds is 2. The average molecular weight is 393 g/mol. The molecule has 0 bridgehead atoms. The number of aliphatic hydroxyl groups excluding tert-OH is 1. The summed E-state index contributed by atoms with van der Waals surface area (Å²) in [6.07, 6.45) is 1.47. The first-order valence-electron chi connectivity index (χ1n) is 10.3. The molecule has 3 atom stereocenters. The molecule has 152 valence electrons. The van der Waals surface area contributed by atoms with Gasteiger partial charge in [-0.15, -0.1) is 0 Å². The number of benzene rings is 1. The van der Waals surface area contributed by atoms with Gasteiger partial charge in [-0.05, 0) is 42.2 Å². The van der Waals surface area contributed by atoms with Gasteiger partial charge in [0.1, 0.15) is 0 Å². The number of aromatic nitrogens is 3. The van der Waals surface area contributed by atoms with Gasteiger partial charge in [0.2, 0.25) is 0 Å². The van der Waals surface area contributed by atoms with Crippen LogP contribution in [0.3, 0.4) is 0 Å². The van der Waals surface area contributed by atoms with E-state index >= 15 is 0 Å². The van der Waals surface area contributed by atoms with Crippen LogP contribution in [0.25, 0.3) is 11.0 Å². The number of hydrogen-bond donors (Lipinski definition) is 2. The van der Waals surface area contributed by atoms with Gasteiger partial charge >= 0.3 is 0 Å². The third kappa shape index (κ3) is 3.05. The van der Waals surface area contributed by atoms with E-state index < -0.39 is 6.10 Å². The highest BCUT2D eigenvalue weighted by Crippen LogP contribution is 2.36. The molecule has 2 unspecified atom stereocenters. The van der Waals surface area contributed by atoms with Gasteiger partial charge in [0.05, 0.1) is 23.4 Å². The van der Waals surface area contributed by atoms with E-state index in [1.807, 2.05) is 24.9 Å². The van der Waals surface area contributed by atoms with Gasteiger partial charge < -0.3 is 20.6 Å². The van der Waals surface area contributed by atoms with Crippen LogP contribution in [0.5, 0.6) is 0 Å². The second-order valence-electron chi connectivity index (χ2n) is 8.59. The van der Waals surface area contributed by atoms with Gasteiger partial charge in [0.15, 0.2) is 5.65 Å². The van der Waals surface area contributed by atoms with Gasteiger partial charge in [-0.25, -0.2) is 4.98 Å². The molecule has 1 aromatic carbocycles. The highest BCUT2D eigenvalue weighted by Gasteiger charge is 2.30. The molecule has 3 aromatic rings. The lowest BCUT2D eigenvalue weighted by Gasteiger charge is -2.36. The van der Waals surface area contributed by atoms with Crippen LogP contribution < -0.4 is 15.5 Å². The summed E-state index contributed by atoms with van der Waals surface area (Å²) < 4.78 is 1.84. The summed E-state index contributed by atoms with van der Waals surface area (Å²) in [5.41, 5.74) is 13.0. The number of hydrogen-bond acceptors (Lipinski definition) is 6. The van der Waals surface area contributed by atoms with Crippen molar-refractivity contribution in [1.82, 2.24) is 14.8 Å². The van der Waals surface area contributed by atoms with Crippen molar-refractivity contribution in [2.24, 2.45) is 12.8 Å². The molecule has 1 saturated heterocycles. The fourth-order valence-electron chi connectivity index (χ4n) is 4.77. The molecule has 7 nitrogen and oxygen atoms in total. The number of β-amino-alcohol motifs (C(OH)–C–C–N with tert-alkyl or cyclic N) is 1. The summed E-state index contributed by atoms with van der Waals surface area (Å²) in [7, 11) is 1.94. The molecule has 0 amide bonds. The minimum absolute atomic E-state index is 0.171. The Morgan fingerprint density at radius 2 is 1.97 bits per heavy atom. The van der Waals surface area contributed by atoms with Crippen molar-refractivity contribution >= 4 is 22.4 Å². The van der Waals surface area contributed by atoms with E-state index in [2.05, 4.69) is 51.1 Å². The number of fused-ring (bicyclic) bond motifs is 2. The minimum Gasteiger partial charge on any atom is -0.390 e. The Morgan fingerprint density at radius 3 is 2.72 bits per heavy atom. The molecule has 29 heavy (non-hydrogen) atoms. The van der Waals surface area contributed by atoms with Gasteiger partial charge in [-0.1, -0.05) is 13.0 Å². The van der Waals surface area contributed by atoms with Crippen LogP contribution in [0.2, 0.25) is 0 Å². The molecule has 0 saturated carbocycles. The molecule has 0 aliphatic carbocycles. The van der Waals surface area contributed by atoms with Crippen molar-refractivity contribution in [3.63, 3.8) is 0 Å². The third-order valence-corrected chi connectivity index (χ3v) is 6.37. The van der Waals surface area contributed by atoms with Crippen molar-refractivity contribution in [2.45, 2.75) is 38.5 Å². The second kappa shape index (κ2) is 6.71. The molecule has 3 N–H and O–H groups in total. The zero-order valence-electron chi connectivity index (χ0n) is 17.2. The average Bonchev–Trinajstić information content (AvgIpc) is 3.23. The van der Waals surface area contributed by atoms with Gasteiger partial charge in [-0.2, -0.15) is 5.10 Å². The number of aryl methyl sites for hydroxylation is 2. The first kappa shape index (κ1) is 18.4. The van der Waals surface area contributed by atoms with Crippen LogP contribution in [0.15, 0.2) is 30.5 Å². The second-order valence-corrected chi connectivity index (χ2v) is 8.59. The Labute approximate surface area is 170 Å². The van der Waals surface area contributed by atoms with E-state index in [1.54, 1.807) is 0 Å². The van der Waals surface area contributed by atoms with Crippen LogP contribution in [0.1, 0.15) is 29.7 Å². The van der Waals surface area contributed by atoms with Gasteiger partial charge in [0.25, 0.3) is 0 Å². The highest BCUT2D eigenvalue weighted by molar-refractivity contribution is 5.89. The minimum atomic E-state index is -0.448. The standard InChI is InChI=1S/C22H28N6O/c1-13-9-28(20-6-14(2)25-22-18(20)8-24-26(22)3)10-15-4-5-16(7-17(13)15)27-11-19(23)21(29)12-27/h4-8,13,19,21,29H,9-12,23H2,1-3H3/t13-,19?,21?/m0/s1. The summed E-state index contributed by atoms with van der Waals surface area (Å²) in [6.45, 7) is 7.46. The summed E-state index contributed by atoms with van der Waals surface area (Å²) in [4.78, 5) is 9.30. The van der Waals surface area contributed by atoms with E-state index in [-0.39, 0.29) is 6.04 Å². The zero-order valence-corrected chi connectivity index (χ0v) is 17.2. The lowest BCUT2D eigenvalue weighted by Crippen LogP contribution is -2.33. The van der Waals surface area contributed by atoms with E-state index in [0.717, 1.165) is 35.5 Å². The van der Waals surface area contributed by atoms with E-state index in [1.165, 1.54) is 16.8 Å². The molecule has 2 aromatic heterocycles. The van der Waals surface area contributed by atoms with E-state index in [9.17, 15) is 5.11 Å². The van der Waals surface area contributed by atoms with Crippen LogP contribution in [-0.4, -0.2) is 51.7 Å². The van der Waals surface area contributed by atoms with Crippen LogP contribution in [0, 0.1) is 6.92 Å². The molecule has 2 aliphatic rings. The molecule has 2 aliphatic heterocycles. The number of nitrogens with zero attached hydrogens (tertiary/aromatic N) is 5. The molecule has 7 heteroatoms. The molecule has 1 fully saturated rings. The highest BCUT2D eigenvalue weighted by atomic mass is 16.3. The smallest absolute Gasteiger partial charge is 0.159 e. The molecule has 4 heterocycles. The Balaban J connectivity index is 1.48. The summed E-state index contributed by atoms with van der Waals surface area (Å²) in [5.74, 6) is 0.403. The van der Waals surface area contributed by atoms with Crippen LogP contribution in [-0.2, 0) is 13.6 Å². The lowest BCUT2D eigenvalue weighted by atomic mass is 9.90. The summed E-state index contributed by atoms with van der Waals surface area (Å²) in [6, 6.07) is 8.69. The predicted molar refractivity (Wildman–Crippen MR) is 115 cm³/mol. The fraction of sp³-hybridized carbons (Fsp3) is 0.455. The Morgan fingerprint density at radius 1 is 1.14 bits per heavy atom. The topological polar surface area (TPSA) is 83.4 Å². The van der Waals surface area contributed by atoms with Crippen molar-refractivity contribution in [3.05, 3.63) is 47.3 Å². The Hall–Kier alpha value is -2.64. The van der Waals surface area contributed by atoms with E-state index in [0.29, 0.717) is 19.0 Å². The Kier molecular flexibility index (Phi) is 4.26. The first-order chi connectivity index (χ1) is 13.9. The monoisotopic (exact) mass is 392 g/mol. The maximum atomic E-state index is 10.0. The van der Waals surface area contributed by atoms with E-state index in [4.69, 9.17) is 5.73 Å². The molecule has 0 spiro atoms. The molecular formula is C22H28N6O. The van der Waals surface area contributed by atoms with Gasteiger partial charge in [0, 0.05) is 50.6 Å². The Bertz CT molecular complexity index is 1070. The normalized spacial score (nSPS) is 24.4.